The van der Waals surface area contributed by atoms with Gasteiger partial charge in [-0.15, -0.1) is 0 Å². The molecular weight excluding hydrogens is 142 g/mol. The maximum atomic E-state index is 9.28. The van der Waals surface area contributed by atoms with Crippen LogP contribution in [0.25, 0.3) is 11.0 Å². The highest BCUT2D eigenvalue weighted by Gasteiger charge is 2.01. The molecule has 0 aliphatic rings. The summed E-state index contributed by atoms with van der Waals surface area (Å²) in [4.78, 5) is 6.75. The van der Waals surface area contributed by atoms with Crippen LogP contribution in [-0.4, -0.2) is 15.1 Å². The molecule has 1 aromatic heterocycles. The fourth-order valence-electron chi connectivity index (χ4n) is 1.05. The highest BCUT2D eigenvalue weighted by molar-refractivity contribution is 5.84. The number of aromatic hydroxyl groups is 1. The minimum absolute atomic E-state index is 0.112. The molecule has 1 aromatic carbocycles. The van der Waals surface area contributed by atoms with Crippen molar-refractivity contribution in [3.05, 3.63) is 18.5 Å². The van der Waals surface area contributed by atoms with Crippen LogP contribution in [0.2, 0.25) is 0 Å². The van der Waals surface area contributed by atoms with E-state index >= 15 is 0 Å². The quantitative estimate of drug-likeness (QED) is 0.486. The minimum Gasteiger partial charge on any atom is -0.506 e. The number of phenolic OH excluding ortho intramolecular Hbond substituents is 1. The lowest BCUT2D eigenvalue weighted by molar-refractivity contribution is 0.481. The van der Waals surface area contributed by atoms with Gasteiger partial charge >= 0.3 is 0 Å². The highest BCUT2D eigenvalue weighted by atomic mass is 16.3. The van der Waals surface area contributed by atoms with Crippen LogP contribution in [0.5, 0.6) is 5.75 Å². The molecule has 4 nitrogen and oxygen atoms in total. The monoisotopic (exact) mass is 149 g/mol. The lowest BCUT2D eigenvalue weighted by atomic mass is 10.2. The van der Waals surface area contributed by atoms with E-state index < -0.39 is 0 Å². The van der Waals surface area contributed by atoms with Gasteiger partial charge in [0, 0.05) is 11.8 Å². The maximum Gasteiger partial charge on any atom is 0.145 e. The van der Waals surface area contributed by atoms with Crippen LogP contribution in [0.1, 0.15) is 0 Å². The van der Waals surface area contributed by atoms with E-state index in [-0.39, 0.29) is 5.75 Å². The number of phenols is 1. The van der Waals surface area contributed by atoms with Gasteiger partial charge in [0.15, 0.2) is 0 Å². The van der Waals surface area contributed by atoms with Gasteiger partial charge in [-0.1, -0.05) is 0 Å². The van der Waals surface area contributed by atoms with E-state index in [1.165, 1.54) is 12.4 Å². The summed E-state index contributed by atoms with van der Waals surface area (Å²) in [5, 5.41) is 9.28. The van der Waals surface area contributed by atoms with Crippen LogP contribution >= 0.6 is 0 Å². The van der Waals surface area contributed by atoms with Gasteiger partial charge in [0.05, 0.1) is 11.8 Å². The molecule has 4 N–H and O–H groups in total. The predicted octanol–water partition coefficient (Wildman–Crippen LogP) is 0.851. The molecule has 0 spiro atoms. The SMILES string of the molecule is Nc1cc(O)c2nc[nH]c2c1. The molecule has 0 amide bonds. The van der Waals surface area contributed by atoms with Crippen molar-refractivity contribution in [1.82, 2.24) is 9.97 Å². The Morgan fingerprint density at radius 2 is 2.27 bits per heavy atom. The van der Waals surface area contributed by atoms with Crippen LogP contribution in [0.4, 0.5) is 5.69 Å². The van der Waals surface area contributed by atoms with Gasteiger partial charge in [0.2, 0.25) is 0 Å². The van der Waals surface area contributed by atoms with E-state index in [2.05, 4.69) is 9.97 Å². The average molecular weight is 149 g/mol. The van der Waals surface area contributed by atoms with E-state index in [1.807, 2.05) is 0 Å². The first-order valence-corrected chi connectivity index (χ1v) is 3.19. The highest BCUT2D eigenvalue weighted by Crippen LogP contribution is 2.23. The van der Waals surface area contributed by atoms with Crippen LogP contribution in [0.15, 0.2) is 18.5 Å². The molecule has 0 radical (unpaired) electrons. The third-order valence-electron chi connectivity index (χ3n) is 1.53. The summed E-state index contributed by atoms with van der Waals surface area (Å²) >= 11 is 0. The summed E-state index contributed by atoms with van der Waals surface area (Å²) in [7, 11) is 0. The lowest BCUT2D eigenvalue weighted by Gasteiger charge is -1.95. The number of aromatic amines is 1. The topological polar surface area (TPSA) is 74.9 Å². The smallest absolute Gasteiger partial charge is 0.145 e. The van der Waals surface area contributed by atoms with Gasteiger partial charge < -0.3 is 15.8 Å². The van der Waals surface area contributed by atoms with Crippen molar-refractivity contribution in [2.75, 3.05) is 5.73 Å². The first kappa shape index (κ1) is 6.03. The summed E-state index contributed by atoms with van der Waals surface area (Å²) in [6.07, 6.45) is 1.52. The van der Waals surface area contributed by atoms with Crippen molar-refractivity contribution in [2.45, 2.75) is 0 Å². The van der Waals surface area contributed by atoms with Crippen molar-refractivity contribution in [3.8, 4) is 5.75 Å². The Morgan fingerprint density at radius 1 is 1.45 bits per heavy atom. The second kappa shape index (κ2) is 1.88. The summed E-state index contributed by atoms with van der Waals surface area (Å²) in [6, 6.07) is 3.20. The van der Waals surface area contributed by atoms with E-state index in [0.29, 0.717) is 11.2 Å². The molecule has 0 aliphatic heterocycles. The van der Waals surface area contributed by atoms with Crippen molar-refractivity contribution in [2.24, 2.45) is 0 Å². The number of hydrogen-bond donors (Lipinski definition) is 3. The van der Waals surface area contributed by atoms with Gasteiger partial charge in [0.25, 0.3) is 0 Å². The number of nitrogens with zero attached hydrogens (tertiary/aromatic N) is 1. The van der Waals surface area contributed by atoms with Gasteiger partial charge in [0.1, 0.15) is 11.3 Å². The van der Waals surface area contributed by atoms with Crippen molar-refractivity contribution < 1.29 is 5.11 Å². The minimum atomic E-state index is 0.112. The van der Waals surface area contributed by atoms with Gasteiger partial charge in [-0.3, -0.25) is 0 Å². The molecule has 0 unspecified atom stereocenters. The van der Waals surface area contributed by atoms with Gasteiger partial charge in [-0.05, 0) is 6.07 Å². The molecular formula is C7H7N3O. The summed E-state index contributed by atoms with van der Waals surface area (Å²) in [5.41, 5.74) is 7.31. The Balaban J connectivity index is 2.91. The average Bonchev–Trinajstić information content (AvgIpc) is 2.34. The number of imidazole rings is 1. The molecule has 0 atom stereocenters. The summed E-state index contributed by atoms with van der Waals surface area (Å²) in [5.74, 6) is 0.112. The predicted molar refractivity (Wildman–Crippen MR) is 42.2 cm³/mol. The number of nitrogens with two attached hydrogens (primary N) is 1. The number of benzene rings is 1. The second-order valence-corrected chi connectivity index (χ2v) is 2.34. The first-order valence-electron chi connectivity index (χ1n) is 3.19. The third kappa shape index (κ3) is 0.797. The molecule has 11 heavy (non-hydrogen) atoms. The van der Waals surface area contributed by atoms with Crippen molar-refractivity contribution in [1.29, 1.82) is 0 Å². The molecule has 0 fully saturated rings. The number of fused-ring (bicyclic) bond motifs is 1. The number of aromatic nitrogens is 2. The van der Waals surface area contributed by atoms with E-state index in [0.717, 1.165) is 5.52 Å². The molecule has 0 aliphatic carbocycles. The first-order chi connectivity index (χ1) is 5.27. The Hall–Kier alpha value is -1.71. The number of hydrogen-bond acceptors (Lipinski definition) is 3. The maximum absolute atomic E-state index is 9.28. The largest absolute Gasteiger partial charge is 0.506 e. The summed E-state index contributed by atoms with van der Waals surface area (Å²) in [6.45, 7) is 0. The number of anilines is 1. The molecule has 2 aromatic rings. The number of H-pyrrole nitrogens is 1. The fourth-order valence-corrected chi connectivity index (χ4v) is 1.05. The Labute approximate surface area is 62.7 Å². The summed E-state index contributed by atoms with van der Waals surface area (Å²) < 4.78 is 0. The Kier molecular flexibility index (Phi) is 1.03. The zero-order valence-corrected chi connectivity index (χ0v) is 5.70. The van der Waals surface area contributed by atoms with E-state index in [9.17, 15) is 5.11 Å². The van der Waals surface area contributed by atoms with Crippen LogP contribution in [0.3, 0.4) is 0 Å². The molecule has 0 saturated carbocycles. The van der Waals surface area contributed by atoms with Crippen LogP contribution in [-0.2, 0) is 0 Å². The number of nitrogens with one attached hydrogen (secondary N) is 1. The van der Waals surface area contributed by atoms with E-state index in [4.69, 9.17) is 5.73 Å². The van der Waals surface area contributed by atoms with Gasteiger partial charge in [-0.2, -0.15) is 0 Å². The molecule has 1 heterocycles. The molecule has 0 bridgehead atoms. The lowest BCUT2D eigenvalue weighted by Crippen LogP contribution is -1.83. The van der Waals surface area contributed by atoms with Crippen molar-refractivity contribution >= 4 is 16.7 Å². The van der Waals surface area contributed by atoms with Gasteiger partial charge in [-0.25, -0.2) is 4.98 Å². The fraction of sp³-hybridized carbons (Fsp3) is 0. The third-order valence-corrected chi connectivity index (χ3v) is 1.53. The van der Waals surface area contributed by atoms with E-state index in [1.54, 1.807) is 6.07 Å². The molecule has 4 heteroatoms. The van der Waals surface area contributed by atoms with Crippen LogP contribution in [0, 0.1) is 0 Å². The zero-order chi connectivity index (χ0) is 7.84. The molecule has 0 saturated heterocycles. The Morgan fingerprint density at radius 3 is 3.09 bits per heavy atom. The normalized spacial score (nSPS) is 10.5. The standard InChI is InChI=1S/C7H7N3O/c8-4-1-5-7(6(11)2-4)10-3-9-5/h1-3,11H,8H2,(H,9,10). The second-order valence-electron chi connectivity index (χ2n) is 2.34. The molecule has 2 rings (SSSR count). The Bertz CT molecular complexity index is 393. The molecule has 56 valence electrons. The van der Waals surface area contributed by atoms with Crippen molar-refractivity contribution in [3.63, 3.8) is 0 Å². The zero-order valence-electron chi connectivity index (χ0n) is 5.70. The number of nitrogen functional groups attached to an aromatic ring is 1. The van der Waals surface area contributed by atoms with Crippen LogP contribution < -0.4 is 5.73 Å². The number of rotatable bonds is 0.